The molecule has 0 aromatic rings. The van der Waals surface area contributed by atoms with E-state index in [-0.39, 0.29) is 24.2 Å². The first-order chi connectivity index (χ1) is 10.8. The van der Waals surface area contributed by atoms with Crippen molar-refractivity contribution in [1.29, 1.82) is 0 Å². The summed E-state index contributed by atoms with van der Waals surface area (Å²) in [5.41, 5.74) is 1.08. The van der Waals surface area contributed by atoms with Crippen molar-refractivity contribution in [3.05, 3.63) is 11.6 Å². The van der Waals surface area contributed by atoms with Crippen molar-refractivity contribution >= 4 is 5.78 Å². The number of aliphatic hydroxyl groups excluding tert-OH is 4. The molecule has 7 heteroatoms. The lowest BCUT2D eigenvalue weighted by molar-refractivity contribution is -0.303. The van der Waals surface area contributed by atoms with Crippen molar-refractivity contribution in [1.82, 2.24) is 0 Å². The van der Waals surface area contributed by atoms with Crippen LogP contribution < -0.4 is 0 Å². The van der Waals surface area contributed by atoms with E-state index < -0.39 is 37.3 Å². The highest BCUT2D eigenvalue weighted by atomic mass is 16.7. The zero-order chi connectivity index (χ0) is 17.1. The van der Waals surface area contributed by atoms with Crippen LogP contribution in [0.1, 0.15) is 26.7 Å². The van der Waals surface area contributed by atoms with Crippen molar-refractivity contribution in [3.63, 3.8) is 0 Å². The van der Waals surface area contributed by atoms with E-state index in [1.54, 1.807) is 6.08 Å². The maximum absolute atomic E-state index is 12.0. The van der Waals surface area contributed by atoms with Crippen LogP contribution in [0.25, 0.3) is 0 Å². The smallest absolute Gasteiger partial charge is 0.186 e. The molecule has 0 amide bonds. The molecule has 0 saturated carbocycles. The van der Waals surface area contributed by atoms with Gasteiger partial charge in [0.2, 0.25) is 0 Å². The summed E-state index contributed by atoms with van der Waals surface area (Å²) in [6, 6.07) is 0. The van der Waals surface area contributed by atoms with Gasteiger partial charge in [-0.1, -0.05) is 12.5 Å². The van der Waals surface area contributed by atoms with Gasteiger partial charge in [-0.25, -0.2) is 0 Å². The van der Waals surface area contributed by atoms with Crippen LogP contribution in [0.4, 0.5) is 0 Å². The van der Waals surface area contributed by atoms with E-state index in [1.165, 1.54) is 0 Å². The number of hydrogen-bond donors (Lipinski definition) is 4. The lowest BCUT2D eigenvalue weighted by Gasteiger charge is -2.40. The summed E-state index contributed by atoms with van der Waals surface area (Å²) >= 11 is 0. The predicted molar refractivity (Wildman–Crippen MR) is 80.4 cm³/mol. The Morgan fingerprint density at radius 2 is 2.00 bits per heavy atom. The fourth-order valence-corrected chi connectivity index (χ4v) is 3.08. The van der Waals surface area contributed by atoms with Crippen LogP contribution in [0.15, 0.2) is 11.6 Å². The van der Waals surface area contributed by atoms with Crippen LogP contribution in [-0.2, 0) is 14.3 Å². The van der Waals surface area contributed by atoms with Crippen LogP contribution >= 0.6 is 0 Å². The van der Waals surface area contributed by atoms with E-state index in [0.717, 1.165) is 18.4 Å². The number of rotatable bonds is 5. The topological polar surface area (TPSA) is 116 Å². The highest BCUT2D eigenvalue weighted by molar-refractivity contribution is 5.93. The Kier molecular flexibility index (Phi) is 6.30. The van der Waals surface area contributed by atoms with Gasteiger partial charge >= 0.3 is 0 Å². The number of allylic oxidation sites excluding steroid dienone is 2. The Labute approximate surface area is 135 Å². The van der Waals surface area contributed by atoms with Gasteiger partial charge in [0.15, 0.2) is 12.1 Å². The second-order valence-corrected chi connectivity index (χ2v) is 6.55. The molecule has 7 unspecified atom stereocenters. The minimum atomic E-state index is -1.46. The average molecular weight is 330 g/mol. The zero-order valence-electron chi connectivity index (χ0n) is 13.5. The summed E-state index contributed by atoms with van der Waals surface area (Å²) in [6.45, 7) is 3.50. The summed E-state index contributed by atoms with van der Waals surface area (Å²) in [7, 11) is 0. The van der Waals surface area contributed by atoms with Gasteiger partial charge in [0.25, 0.3) is 0 Å². The molecular formula is C16H26O7. The molecule has 1 heterocycles. The molecule has 2 aliphatic rings. The average Bonchev–Trinajstić information content (AvgIpc) is 2.51. The predicted octanol–water partition coefficient (Wildman–Crippen LogP) is -0.636. The number of aliphatic hydroxyl groups is 4. The molecule has 2 rings (SSSR count). The molecule has 23 heavy (non-hydrogen) atoms. The highest BCUT2D eigenvalue weighted by Crippen LogP contribution is 2.28. The first-order valence-corrected chi connectivity index (χ1v) is 7.98. The molecule has 4 N–H and O–H groups in total. The summed E-state index contributed by atoms with van der Waals surface area (Å²) < 4.78 is 10.8. The minimum Gasteiger partial charge on any atom is -0.394 e. The Morgan fingerprint density at radius 1 is 1.30 bits per heavy atom. The van der Waals surface area contributed by atoms with Crippen LogP contribution in [0.3, 0.4) is 0 Å². The maximum atomic E-state index is 12.0. The van der Waals surface area contributed by atoms with Gasteiger partial charge in [-0.05, 0) is 31.8 Å². The van der Waals surface area contributed by atoms with Crippen LogP contribution in [0.2, 0.25) is 0 Å². The van der Waals surface area contributed by atoms with Crippen LogP contribution in [-0.4, -0.2) is 70.1 Å². The lowest BCUT2D eigenvalue weighted by atomic mass is 9.81. The third-order valence-corrected chi connectivity index (χ3v) is 4.66. The molecule has 7 nitrogen and oxygen atoms in total. The Bertz CT molecular complexity index is 448. The normalized spacial score (nSPS) is 39.9. The standard InChI is InChI=1S/C16H26O7/c1-8-3-4-10(11(18)5-8)9(2)7-22-16-15(21)14(20)13(19)12(6-17)23-16/h5,9-10,12-17,19-21H,3-4,6-7H2,1-2H3. The van der Waals surface area contributed by atoms with Crippen LogP contribution in [0, 0.1) is 11.8 Å². The highest BCUT2D eigenvalue weighted by Gasteiger charge is 2.44. The molecule has 7 atom stereocenters. The van der Waals surface area contributed by atoms with Gasteiger partial charge in [0, 0.05) is 5.92 Å². The van der Waals surface area contributed by atoms with Crippen molar-refractivity contribution < 1.29 is 34.7 Å². The van der Waals surface area contributed by atoms with E-state index in [9.17, 15) is 20.1 Å². The van der Waals surface area contributed by atoms with Gasteiger partial charge in [-0.3, -0.25) is 4.79 Å². The van der Waals surface area contributed by atoms with Gasteiger partial charge in [0.1, 0.15) is 24.4 Å². The molecule has 0 aromatic heterocycles. The third kappa shape index (κ3) is 4.17. The van der Waals surface area contributed by atoms with Crippen molar-refractivity contribution in [2.45, 2.75) is 57.4 Å². The van der Waals surface area contributed by atoms with Gasteiger partial charge in [0.05, 0.1) is 13.2 Å². The van der Waals surface area contributed by atoms with E-state index >= 15 is 0 Å². The number of carbonyl (C=O) groups excluding carboxylic acids is 1. The van der Waals surface area contributed by atoms with Gasteiger partial charge in [-0.15, -0.1) is 0 Å². The van der Waals surface area contributed by atoms with Crippen molar-refractivity contribution in [2.24, 2.45) is 11.8 Å². The second kappa shape index (κ2) is 7.83. The summed E-state index contributed by atoms with van der Waals surface area (Å²) in [4.78, 5) is 12.0. The molecule has 132 valence electrons. The number of ketones is 1. The summed E-state index contributed by atoms with van der Waals surface area (Å²) in [5, 5.41) is 38.5. The van der Waals surface area contributed by atoms with Crippen molar-refractivity contribution in [2.75, 3.05) is 13.2 Å². The molecule has 1 saturated heterocycles. The molecule has 1 aliphatic heterocycles. The van der Waals surface area contributed by atoms with E-state index in [1.807, 2.05) is 13.8 Å². The quantitative estimate of drug-likeness (QED) is 0.530. The van der Waals surface area contributed by atoms with Gasteiger partial charge in [-0.2, -0.15) is 0 Å². The number of carbonyl (C=O) groups is 1. The molecule has 0 radical (unpaired) electrons. The monoisotopic (exact) mass is 330 g/mol. The number of hydrogen-bond acceptors (Lipinski definition) is 7. The Hall–Kier alpha value is -0.830. The Balaban J connectivity index is 1.90. The minimum absolute atomic E-state index is 0.0702. The molecule has 1 aliphatic carbocycles. The summed E-state index contributed by atoms with van der Waals surface area (Å²) in [5.74, 6) is -0.124. The lowest BCUT2D eigenvalue weighted by Crippen LogP contribution is -2.59. The third-order valence-electron chi connectivity index (χ3n) is 4.66. The van der Waals surface area contributed by atoms with E-state index in [4.69, 9.17) is 14.6 Å². The fraction of sp³-hybridized carbons (Fsp3) is 0.812. The van der Waals surface area contributed by atoms with Crippen LogP contribution in [0.5, 0.6) is 0 Å². The van der Waals surface area contributed by atoms with E-state index in [0.29, 0.717) is 0 Å². The molecule has 1 fully saturated rings. The largest absolute Gasteiger partial charge is 0.394 e. The second-order valence-electron chi connectivity index (χ2n) is 6.55. The molecule has 0 bridgehead atoms. The fourth-order valence-electron chi connectivity index (χ4n) is 3.08. The SMILES string of the molecule is CC1=CC(=O)C(C(C)COC2OC(CO)C(O)C(O)C2O)CC1. The van der Waals surface area contributed by atoms with Crippen molar-refractivity contribution in [3.8, 4) is 0 Å². The zero-order valence-corrected chi connectivity index (χ0v) is 13.5. The first kappa shape index (κ1) is 18.5. The van der Waals surface area contributed by atoms with Gasteiger partial charge < -0.3 is 29.9 Å². The molecule has 0 aromatic carbocycles. The number of ether oxygens (including phenoxy) is 2. The first-order valence-electron chi connectivity index (χ1n) is 7.98. The Morgan fingerprint density at radius 3 is 2.61 bits per heavy atom. The maximum Gasteiger partial charge on any atom is 0.186 e. The molecular weight excluding hydrogens is 304 g/mol. The van der Waals surface area contributed by atoms with E-state index in [2.05, 4.69) is 0 Å². The molecule has 0 spiro atoms. The summed E-state index contributed by atoms with van der Waals surface area (Å²) in [6.07, 6.45) is -3.10.